The van der Waals surface area contributed by atoms with Gasteiger partial charge in [0.1, 0.15) is 5.82 Å². The Morgan fingerprint density at radius 1 is 1.08 bits per heavy atom. The van der Waals surface area contributed by atoms with Crippen molar-refractivity contribution < 1.29 is 8.81 Å². The number of nitrogens with zero attached hydrogens (tertiary/aromatic N) is 4. The van der Waals surface area contributed by atoms with Gasteiger partial charge in [-0.25, -0.2) is 4.39 Å². The molecular formula is C18H19FN4OS. The van der Waals surface area contributed by atoms with Gasteiger partial charge in [0, 0.05) is 26.2 Å². The Labute approximate surface area is 149 Å². The smallest absolute Gasteiger partial charge is 0.257 e. The van der Waals surface area contributed by atoms with E-state index in [1.54, 1.807) is 17.4 Å². The summed E-state index contributed by atoms with van der Waals surface area (Å²) in [5, 5.41) is 10.4. The molecule has 0 bridgehead atoms. The van der Waals surface area contributed by atoms with Crippen molar-refractivity contribution in [1.29, 1.82) is 0 Å². The number of hydrogen-bond donors (Lipinski definition) is 0. The average Bonchev–Trinajstić information content (AvgIpc) is 3.33. The summed E-state index contributed by atoms with van der Waals surface area (Å²) >= 11 is 1.58. The van der Waals surface area contributed by atoms with Gasteiger partial charge >= 0.3 is 0 Å². The van der Waals surface area contributed by atoms with E-state index < -0.39 is 0 Å². The molecule has 7 heteroatoms. The van der Waals surface area contributed by atoms with Crippen LogP contribution in [0.2, 0.25) is 0 Å². The van der Waals surface area contributed by atoms with Crippen LogP contribution in [-0.4, -0.2) is 41.3 Å². The lowest BCUT2D eigenvalue weighted by molar-refractivity contribution is 0.173. The Kier molecular flexibility index (Phi) is 4.50. The largest absolute Gasteiger partial charge is 0.418 e. The third-order valence-corrected chi connectivity index (χ3v) is 5.44. The highest BCUT2D eigenvalue weighted by atomic mass is 32.1. The van der Waals surface area contributed by atoms with E-state index in [1.165, 1.54) is 6.07 Å². The van der Waals surface area contributed by atoms with Crippen LogP contribution in [0, 0.1) is 5.82 Å². The van der Waals surface area contributed by atoms with Gasteiger partial charge in [0.05, 0.1) is 16.6 Å². The van der Waals surface area contributed by atoms with Crippen LogP contribution in [0.5, 0.6) is 0 Å². The van der Waals surface area contributed by atoms with Crippen LogP contribution in [0.15, 0.2) is 46.2 Å². The molecule has 0 aliphatic carbocycles. The summed E-state index contributed by atoms with van der Waals surface area (Å²) in [6.07, 6.45) is 0. The molecule has 130 valence electrons. The monoisotopic (exact) mass is 358 g/mol. The number of thiophene rings is 1. The minimum absolute atomic E-state index is 0.0454. The molecule has 0 N–H and O–H groups in total. The Bertz CT molecular complexity index is 827. The molecule has 3 heterocycles. The highest BCUT2D eigenvalue weighted by Gasteiger charge is 2.26. The molecule has 0 spiro atoms. The number of halogens is 1. The first-order valence-corrected chi connectivity index (χ1v) is 9.21. The van der Waals surface area contributed by atoms with Crippen LogP contribution in [0.25, 0.3) is 10.8 Å². The number of piperazine rings is 1. The quantitative estimate of drug-likeness (QED) is 0.709. The maximum absolute atomic E-state index is 13.9. The van der Waals surface area contributed by atoms with Gasteiger partial charge in [0.2, 0.25) is 5.89 Å². The highest BCUT2D eigenvalue weighted by molar-refractivity contribution is 7.13. The fourth-order valence-electron chi connectivity index (χ4n) is 3.12. The first-order valence-electron chi connectivity index (χ1n) is 8.33. The zero-order chi connectivity index (χ0) is 17.2. The van der Waals surface area contributed by atoms with Crippen LogP contribution in [-0.2, 0) is 0 Å². The molecule has 0 amide bonds. The topological polar surface area (TPSA) is 45.4 Å². The van der Waals surface area contributed by atoms with E-state index in [0.29, 0.717) is 17.5 Å². The van der Waals surface area contributed by atoms with E-state index in [-0.39, 0.29) is 11.9 Å². The third-order valence-electron chi connectivity index (χ3n) is 4.59. The Hall–Kier alpha value is -2.25. The number of aromatic nitrogens is 2. The van der Waals surface area contributed by atoms with Crippen molar-refractivity contribution in [3.05, 3.63) is 53.5 Å². The van der Waals surface area contributed by atoms with Crippen molar-refractivity contribution in [2.75, 3.05) is 31.1 Å². The Balaban J connectivity index is 1.41. The first kappa shape index (κ1) is 16.2. The lowest BCUT2D eigenvalue weighted by atomic mass is 10.2. The second-order valence-corrected chi connectivity index (χ2v) is 7.02. The summed E-state index contributed by atoms with van der Waals surface area (Å²) in [5.41, 5.74) is 0.674. The van der Waals surface area contributed by atoms with Gasteiger partial charge in [-0.2, -0.15) is 0 Å². The van der Waals surface area contributed by atoms with Crippen molar-refractivity contribution in [1.82, 2.24) is 15.1 Å². The average molecular weight is 358 g/mol. The van der Waals surface area contributed by atoms with Gasteiger partial charge in [0.15, 0.2) is 0 Å². The van der Waals surface area contributed by atoms with Gasteiger partial charge in [-0.1, -0.05) is 18.2 Å². The minimum atomic E-state index is -0.165. The van der Waals surface area contributed by atoms with Crippen LogP contribution in [0.3, 0.4) is 0 Å². The van der Waals surface area contributed by atoms with Crippen molar-refractivity contribution >= 4 is 17.0 Å². The summed E-state index contributed by atoms with van der Waals surface area (Å²) in [7, 11) is 0. The van der Waals surface area contributed by atoms with E-state index >= 15 is 0 Å². The molecule has 5 nitrogen and oxygen atoms in total. The van der Waals surface area contributed by atoms with E-state index in [4.69, 9.17) is 4.42 Å². The SMILES string of the molecule is C[C@@H](c1nnc(-c2cccs2)o1)N1CCN(c2ccccc2F)CC1. The molecule has 1 aromatic carbocycles. The second-order valence-electron chi connectivity index (χ2n) is 6.07. The second kappa shape index (κ2) is 6.93. The van der Waals surface area contributed by atoms with E-state index in [0.717, 1.165) is 31.1 Å². The Morgan fingerprint density at radius 2 is 1.88 bits per heavy atom. The Morgan fingerprint density at radius 3 is 2.60 bits per heavy atom. The normalized spacial score (nSPS) is 17.0. The molecule has 1 fully saturated rings. The highest BCUT2D eigenvalue weighted by Crippen LogP contribution is 2.28. The lowest BCUT2D eigenvalue weighted by Crippen LogP contribution is -2.47. The van der Waals surface area contributed by atoms with Crippen molar-refractivity contribution in [3.8, 4) is 10.8 Å². The number of benzene rings is 1. The molecule has 0 radical (unpaired) electrons. The van der Waals surface area contributed by atoms with E-state index in [1.807, 2.05) is 29.6 Å². The fourth-order valence-corrected chi connectivity index (χ4v) is 3.76. The van der Waals surface area contributed by atoms with Crippen molar-refractivity contribution in [2.24, 2.45) is 0 Å². The zero-order valence-corrected chi connectivity index (χ0v) is 14.7. The predicted octanol–water partition coefficient (Wildman–Crippen LogP) is 3.82. The fraction of sp³-hybridized carbons (Fsp3) is 0.333. The number of para-hydroxylation sites is 1. The van der Waals surface area contributed by atoms with Crippen LogP contribution < -0.4 is 4.90 Å². The summed E-state index contributed by atoms with van der Waals surface area (Å²) in [4.78, 5) is 5.36. The molecule has 1 aliphatic rings. The number of rotatable bonds is 4. The molecule has 0 unspecified atom stereocenters. The van der Waals surface area contributed by atoms with Gasteiger partial charge in [-0.05, 0) is 30.5 Å². The molecular weight excluding hydrogens is 339 g/mol. The van der Waals surface area contributed by atoms with Gasteiger partial charge in [-0.15, -0.1) is 21.5 Å². The van der Waals surface area contributed by atoms with E-state index in [9.17, 15) is 4.39 Å². The molecule has 2 aromatic heterocycles. The van der Waals surface area contributed by atoms with Gasteiger partial charge < -0.3 is 9.32 Å². The maximum atomic E-state index is 13.9. The molecule has 0 saturated carbocycles. The standard InChI is InChI=1S/C18H19FN4OS/c1-13(17-20-21-18(24-17)16-7-4-12-25-16)22-8-10-23(11-9-22)15-6-3-2-5-14(15)19/h2-7,12-13H,8-11H2,1H3/t13-/m0/s1. The van der Waals surface area contributed by atoms with Gasteiger partial charge in [0.25, 0.3) is 5.89 Å². The summed E-state index contributed by atoms with van der Waals surface area (Å²) in [6.45, 7) is 5.28. The van der Waals surface area contributed by atoms with Crippen LogP contribution in [0.4, 0.5) is 10.1 Å². The minimum Gasteiger partial charge on any atom is -0.418 e. The number of hydrogen-bond acceptors (Lipinski definition) is 6. The molecule has 25 heavy (non-hydrogen) atoms. The third kappa shape index (κ3) is 3.29. The zero-order valence-electron chi connectivity index (χ0n) is 13.9. The molecule has 1 aliphatic heterocycles. The molecule has 1 saturated heterocycles. The lowest BCUT2D eigenvalue weighted by Gasteiger charge is -2.38. The molecule has 3 aromatic rings. The van der Waals surface area contributed by atoms with Crippen molar-refractivity contribution in [2.45, 2.75) is 13.0 Å². The summed E-state index contributed by atoms with van der Waals surface area (Å²) in [6, 6.07) is 10.9. The molecule has 4 rings (SSSR count). The van der Waals surface area contributed by atoms with Gasteiger partial charge in [-0.3, -0.25) is 4.90 Å². The van der Waals surface area contributed by atoms with Crippen LogP contribution in [0.1, 0.15) is 18.9 Å². The van der Waals surface area contributed by atoms with Crippen LogP contribution >= 0.6 is 11.3 Å². The summed E-state index contributed by atoms with van der Waals surface area (Å²) < 4.78 is 19.8. The predicted molar refractivity (Wildman–Crippen MR) is 96.2 cm³/mol. The maximum Gasteiger partial charge on any atom is 0.257 e. The van der Waals surface area contributed by atoms with E-state index in [2.05, 4.69) is 26.9 Å². The molecule has 1 atom stereocenters. The summed E-state index contributed by atoms with van der Waals surface area (Å²) in [5.74, 6) is 1.03. The first-order chi connectivity index (χ1) is 12.2. The van der Waals surface area contributed by atoms with Crippen molar-refractivity contribution in [3.63, 3.8) is 0 Å². The number of anilines is 1.